The molecule has 0 aliphatic carbocycles. The lowest BCUT2D eigenvalue weighted by atomic mass is 9.76. The molecule has 4 aliphatic rings. The van der Waals surface area contributed by atoms with Crippen molar-refractivity contribution in [3.8, 4) is 0 Å². The first-order valence-electron chi connectivity index (χ1n) is 14.2. The van der Waals surface area contributed by atoms with Crippen LogP contribution < -0.4 is 10.6 Å². The predicted molar refractivity (Wildman–Crippen MR) is 141 cm³/mol. The second kappa shape index (κ2) is 11.8. The number of ether oxygens (including phenoxy) is 1. The fraction of sp³-hybridized carbons (Fsp3) is 0.655. The van der Waals surface area contributed by atoms with E-state index >= 15 is 0 Å². The fourth-order valence-corrected chi connectivity index (χ4v) is 6.75. The molecule has 9 heteroatoms. The Kier molecular flexibility index (Phi) is 8.31. The number of carbonyl (C=O) groups excluding carboxylic acids is 4. The first-order valence-corrected chi connectivity index (χ1v) is 14.2. The van der Waals surface area contributed by atoms with Gasteiger partial charge in [-0.15, -0.1) is 0 Å². The normalized spacial score (nSPS) is 31.4. The first kappa shape index (κ1) is 26.7. The molecule has 2 bridgehead atoms. The molecule has 4 saturated heterocycles. The second-order valence-electron chi connectivity index (χ2n) is 11.5. The summed E-state index contributed by atoms with van der Waals surface area (Å²) in [6.45, 7) is 4.80. The van der Waals surface area contributed by atoms with E-state index in [4.69, 9.17) is 4.74 Å². The van der Waals surface area contributed by atoms with E-state index in [0.29, 0.717) is 58.5 Å². The van der Waals surface area contributed by atoms with Crippen LogP contribution in [0.15, 0.2) is 30.3 Å². The summed E-state index contributed by atoms with van der Waals surface area (Å²) in [7, 11) is 0. The number of hydrogen-bond donors (Lipinski definition) is 2. The van der Waals surface area contributed by atoms with Crippen LogP contribution in [0.5, 0.6) is 0 Å². The van der Waals surface area contributed by atoms with Gasteiger partial charge < -0.3 is 25.2 Å². The highest BCUT2D eigenvalue weighted by atomic mass is 16.5. The summed E-state index contributed by atoms with van der Waals surface area (Å²) in [6, 6.07) is 8.21. The summed E-state index contributed by atoms with van der Waals surface area (Å²) < 4.78 is 5.46. The van der Waals surface area contributed by atoms with Crippen molar-refractivity contribution >= 4 is 23.6 Å². The van der Waals surface area contributed by atoms with Crippen molar-refractivity contribution < 1.29 is 23.9 Å². The zero-order chi connectivity index (χ0) is 26.6. The van der Waals surface area contributed by atoms with E-state index in [2.05, 4.69) is 10.6 Å². The van der Waals surface area contributed by atoms with E-state index in [1.54, 1.807) is 6.92 Å². The topological polar surface area (TPSA) is 108 Å². The summed E-state index contributed by atoms with van der Waals surface area (Å²) >= 11 is 0. The minimum absolute atomic E-state index is 0.0211. The van der Waals surface area contributed by atoms with Crippen molar-refractivity contribution in [1.82, 2.24) is 20.4 Å². The number of hydrogen-bond acceptors (Lipinski definition) is 5. The molecular formula is C29H40N4O5. The molecule has 0 saturated carbocycles. The van der Waals surface area contributed by atoms with Crippen molar-refractivity contribution in [1.29, 1.82) is 0 Å². The van der Waals surface area contributed by atoms with Crippen LogP contribution in [0.3, 0.4) is 0 Å². The Morgan fingerprint density at radius 1 is 1.00 bits per heavy atom. The van der Waals surface area contributed by atoms with Crippen molar-refractivity contribution in [2.45, 2.75) is 70.0 Å². The Morgan fingerprint density at radius 2 is 1.76 bits per heavy atom. The predicted octanol–water partition coefficient (Wildman–Crippen LogP) is 1.50. The molecule has 1 aromatic carbocycles. The molecule has 0 aromatic heterocycles. The molecule has 0 unspecified atom stereocenters. The van der Waals surface area contributed by atoms with E-state index in [9.17, 15) is 19.2 Å². The molecule has 4 fully saturated rings. The van der Waals surface area contributed by atoms with Gasteiger partial charge in [-0.3, -0.25) is 19.2 Å². The zero-order valence-electron chi connectivity index (χ0n) is 22.3. The number of carbonyl (C=O) groups is 4. The van der Waals surface area contributed by atoms with E-state index in [-0.39, 0.29) is 47.4 Å². The molecule has 5 atom stereocenters. The SMILES string of the molecule is C[C@H]1NC(=O)CCC[C@H]2[C@@H]3C[C@@H](CN(C(=O)C4CCOCC4)C3)CN2C(=O)[C@H](Cc2ccccc2)NC1=O. The summed E-state index contributed by atoms with van der Waals surface area (Å²) in [4.78, 5) is 57.1. The molecule has 9 nitrogen and oxygen atoms in total. The van der Waals surface area contributed by atoms with Gasteiger partial charge >= 0.3 is 0 Å². The molecule has 4 aliphatic heterocycles. The lowest BCUT2D eigenvalue weighted by Crippen LogP contribution is -2.64. The fourth-order valence-electron chi connectivity index (χ4n) is 6.75. The van der Waals surface area contributed by atoms with Gasteiger partial charge in [0.15, 0.2) is 0 Å². The van der Waals surface area contributed by atoms with Crippen molar-refractivity contribution in [2.75, 3.05) is 32.8 Å². The third-order valence-electron chi connectivity index (χ3n) is 8.71. The number of piperidine rings is 2. The highest BCUT2D eigenvalue weighted by Gasteiger charge is 2.46. The van der Waals surface area contributed by atoms with Crippen LogP contribution in [0.2, 0.25) is 0 Å². The number of fused-ring (bicyclic) bond motifs is 4. The molecule has 5 rings (SSSR count). The molecule has 4 heterocycles. The third kappa shape index (κ3) is 6.03. The van der Waals surface area contributed by atoms with Gasteiger partial charge in [0, 0.05) is 57.6 Å². The smallest absolute Gasteiger partial charge is 0.245 e. The Labute approximate surface area is 224 Å². The van der Waals surface area contributed by atoms with Crippen LogP contribution in [-0.2, 0) is 30.3 Å². The molecule has 0 spiro atoms. The molecule has 38 heavy (non-hydrogen) atoms. The standard InChI is InChI=1S/C29H40N4O5/c1-19-27(35)31-24(15-20-6-3-2-4-7-20)29(37)33-17-21-14-23(25(33)8-5-9-26(34)30-19)18-32(16-21)28(36)22-10-12-38-13-11-22/h2-4,6-7,19,21-25H,5,8-18H2,1H3,(H,30,34)(H,31,35)/t19-,21+,23-,24+,25+/m1/s1. The molecule has 206 valence electrons. The van der Waals surface area contributed by atoms with Gasteiger partial charge in [-0.2, -0.15) is 0 Å². The van der Waals surface area contributed by atoms with Crippen LogP contribution in [0.1, 0.15) is 51.0 Å². The van der Waals surface area contributed by atoms with Crippen LogP contribution >= 0.6 is 0 Å². The zero-order valence-corrected chi connectivity index (χ0v) is 22.3. The maximum Gasteiger partial charge on any atom is 0.245 e. The highest BCUT2D eigenvalue weighted by molar-refractivity contribution is 5.92. The van der Waals surface area contributed by atoms with Crippen LogP contribution in [0.25, 0.3) is 0 Å². The van der Waals surface area contributed by atoms with Gasteiger partial charge in [0.25, 0.3) is 0 Å². The number of likely N-dealkylation sites (tertiary alicyclic amines) is 1. The van der Waals surface area contributed by atoms with E-state index in [1.807, 2.05) is 40.1 Å². The summed E-state index contributed by atoms with van der Waals surface area (Å²) in [5, 5.41) is 5.73. The van der Waals surface area contributed by atoms with E-state index in [0.717, 1.165) is 24.8 Å². The Balaban J connectivity index is 1.38. The van der Waals surface area contributed by atoms with Crippen molar-refractivity contribution in [3.63, 3.8) is 0 Å². The number of nitrogens with zero attached hydrogens (tertiary/aromatic N) is 2. The van der Waals surface area contributed by atoms with Crippen LogP contribution in [0.4, 0.5) is 0 Å². The maximum absolute atomic E-state index is 14.1. The largest absolute Gasteiger partial charge is 0.381 e. The summed E-state index contributed by atoms with van der Waals surface area (Å²) in [6.07, 6.45) is 4.55. The van der Waals surface area contributed by atoms with E-state index < -0.39 is 12.1 Å². The minimum Gasteiger partial charge on any atom is -0.381 e. The van der Waals surface area contributed by atoms with E-state index in [1.165, 1.54) is 0 Å². The molecular weight excluding hydrogens is 484 g/mol. The Morgan fingerprint density at radius 3 is 2.53 bits per heavy atom. The number of amides is 4. The quantitative estimate of drug-likeness (QED) is 0.623. The number of rotatable bonds is 3. The van der Waals surface area contributed by atoms with Gasteiger partial charge in [0.2, 0.25) is 23.6 Å². The molecule has 4 amide bonds. The van der Waals surface area contributed by atoms with Crippen LogP contribution in [0, 0.1) is 17.8 Å². The summed E-state index contributed by atoms with van der Waals surface area (Å²) in [5.74, 6) is 0.0419. The van der Waals surface area contributed by atoms with Gasteiger partial charge in [-0.1, -0.05) is 30.3 Å². The minimum atomic E-state index is -0.718. The maximum atomic E-state index is 14.1. The number of benzene rings is 1. The first-order chi connectivity index (χ1) is 18.4. The monoisotopic (exact) mass is 524 g/mol. The lowest BCUT2D eigenvalue weighted by Gasteiger charge is -2.52. The second-order valence-corrected chi connectivity index (χ2v) is 11.5. The lowest BCUT2D eigenvalue weighted by molar-refractivity contribution is -0.151. The third-order valence-corrected chi connectivity index (χ3v) is 8.71. The van der Waals surface area contributed by atoms with Crippen molar-refractivity contribution in [2.24, 2.45) is 17.8 Å². The van der Waals surface area contributed by atoms with Gasteiger partial charge in [0.1, 0.15) is 12.1 Å². The van der Waals surface area contributed by atoms with Gasteiger partial charge in [-0.25, -0.2) is 0 Å². The highest BCUT2D eigenvalue weighted by Crippen LogP contribution is 2.37. The Hall–Kier alpha value is -2.94. The van der Waals surface area contributed by atoms with Crippen LogP contribution in [-0.4, -0.2) is 84.4 Å². The Bertz CT molecular complexity index is 1030. The average molecular weight is 525 g/mol. The van der Waals surface area contributed by atoms with Gasteiger partial charge in [0.05, 0.1) is 0 Å². The van der Waals surface area contributed by atoms with Crippen molar-refractivity contribution in [3.05, 3.63) is 35.9 Å². The molecule has 1 aromatic rings. The summed E-state index contributed by atoms with van der Waals surface area (Å²) in [5.41, 5.74) is 0.969. The number of nitrogens with one attached hydrogen (secondary N) is 2. The average Bonchev–Trinajstić information content (AvgIpc) is 2.93. The molecule has 2 N–H and O–H groups in total. The molecule has 0 radical (unpaired) electrons. The van der Waals surface area contributed by atoms with Gasteiger partial charge in [-0.05, 0) is 56.4 Å².